The molecule has 0 bridgehead atoms. The van der Waals surface area contributed by atoms with Crippen molar-refractivity contribution in [1.82, 2.24) is 5.32 Å². The molecule has 78 valence electrons. The van der Waals surface area contributed by atoms with E-state index in [9.17, 15) is 13.2 Å². The minimum absolute atomic E-state index is 0.0379. The Hall–Kier alpha value is -0.290. The van der Waals surface area contributed by atoms with Crippen LogP contribution in [0.5, 0.6) is 0 Å². The Labute approximate surface area is 75.7 Å². The molecule has 0 aliphatic heterocycles. The Balaban J connectivity index is 2.16. The van der Waals surface area contributed by atoms with Crippen LogP contribution in [0.2, 0.25) is 0 Å². The van der Waals surface area contributed by atoms with Crippen LogP contribution in [0.3, 0.4) is 0 Å². The lowest BCUT2D eigenvalue weighted by Crippen LogP contribution is -2.38. The molecule has 0 aromatic rings. The van der Waals surface area contributed by atoms with E-state index >= 15 is 0 Å². The molecule has 0 aromatic carbocycles. The van der Waals surface area contributed by atoms with Gasteiger partial charge in [0.25, 0.3) is 0 Å². The van der Waals surface area contributed by atoms with Crippen LogP contribution in [0.25, 0.3) is 0 Å². The van der Waals surface area contributed by atoms with Gasteiger partial charge in [-0.3, -0.25) is 0 Å². The number of hydrogen-bond acceptors (Lipinski definition) is 2. The molecule has 0 heterocycles. The highest BCUT2D eigenvalue weighted by molar-refractivity contribution is 4.75. The van der Waals surface area contributed by atoms with Crippen LogP contribution in [0.1, 0.15) is 25.7 Å². The highest BCUT2D eigenvalue weighted by atomic mass is 19.4. The number of rotatable bonds is 2. The standard InChI is InChI=1S/C8H15F3N2/c9-8(10,11)13-5-6-1-3-7(12)4-2-6/h6-7,13H,1-5,12H2. The maximum Gasteiger partial charge on any atom is 0.457 e. The quantitative estimate of drug-likeness (QED) is 0.658. The zero-order valence-corrected chi connectivity index (χ0v) is 7.40. The predicted molar refractivity (Wildman–Crippen MR) is 44.0 cm³/mol. The summed E-state index contributed by atoms with van der Waals surface area (Å²) >= 11 is 0. The van der Waals surface area contributed by atoms with Crippen LogP contribution in [0.15, 0.2) is 0 Å². The number of nitrogens with one attached hydrogen (secondary N) is 1. The van der Waals surface area contributed by atoms with Crippen LogP contribution in [0, 0.1) is 5.92 Å². The molecule has 1 saturated carbocycles. The summed E-state index contributed by atoms with van der Waals surface area (Å²) in [6, 6.07) is 0.196. The minimum atomic E-state index is -4.24. The van der Waals surface area contributed by atoms with Crippen molar-refractivity contribution in [2.24, 2.45) is 11.7 Å². The lowest BCUT2D eigenvalue weighted by Gasteiger charge is -2.26. The summed E-state index contributed by atoms with van der Waals surface area (Å²) in [5.74, 6) is 0.140. The van der Waals surface area contributed by atoms with Gasteiger partial charge in [-0.1, -0.05) is 0 Å². The Morgan fingerprint density at radius 3 is 2.15 bits per heavy atom. The molecule has 1 rings (SSSR count). The zero-order chi connectivity index (χ0) is 9.90. The van der Waals surface area contributed by atoms with E-state index in [0.29, 0.717) is 0 Å². The molecule has 13 heavy (non-hydrogen) atoms. The molecule has 0 atom stereocenters. The van der Waals surface area contributed by atoms with E-state index in [2.05, 4.69) is 0 Å². The molecule has 0 aromatic heterocycles. The van der Waals surface area contributed by atoms with Gasteiger partial charge in [0, 0.05) is 12.6 Å². The Kier molecular flexibility index (Phi) is 3.55. The fourth-order valence-corrected chi connectivity index (χ4v) is 1.65. The second-order valence-electron chi connectivity index (χ2n) is 3.66. The van der Waals surface area contributed by atoms with Crippen LogP contribution < -0.4 is 11.1 Å². The molecule has 2 nitrogen and oxygen atoms in total. The molecule has 0 spiro atoms. The topological polar surface area (TPSA) is 38.0 Å². The summed E-state index contributed by atoms with van der Waals surface area (Å²) < 4.78 is 35.3. The van der Waals surface area contributed by atoms with Crippen molar-refractivity contribution >= 4 is 0 Å². The summed E-state index contributed by atoms with van der Waals surface area (Å²) in [4.78, 5) is 0. The summed E-state index contributed by atoms with van der Waals surface area (Å²) in [7, 11) is 0. The van der Waals surface area contributed by atoms with Gasteiger partial charge in [0.1, 0.15) is 0 Å². The average molecular weight is 196 g/mol. The van der Waals surface area contributed by atoms with Crippen molar-refractivity contribution in [2.45, 2.75) is 38.0 Å². The highest BCUT2D eigenvalue weighted by Gasteiger charge is 2.28. The Morgan fingerprint density at radius 1 is 1.15 bits per heavy atom. The summed E-state index contributed by atoms with van der Waals surface area (Å²) in [5.41, 5.74) is 5.64. The lowest BCUT2D eigenvalue weighted by atomic mass is 9.86. The van der Waals surface area contributed by atoms with Crippen LogP contribution >= 0.6 is 0 Å². The smallest absolute Gasteiger partial charge is 0.328 e. The average Bonchev–Trinajstić information content (AvgIpc) is 2.02. The van der Waals surface area contributed by atoms with Crippen molar-refractivity contribution in [1.29, 1.82) is 0 Å². The molecule has 0 saturated heterocycles. The molecule has 1 aliphatic carbocycles. The second kappa shape index (κ2) is 4.28. The van der Waals surface area contributed by atoms with Gasteiger partial charge in [-0.15, -0.1) is 0 Å². The molecule has 1 aliphatic rings. The molecule has 0 amide bonds. The van der Waals surface area contributed by atoms with E-state index < -0.39 is 6.30 Å². The number of hydrogen-bond donors (Lipinski definition) is 2. The van der Waals surface area contributed by atoms with Gasteiger partial charge < -0.3 is 5.73 Å². The van der Waals surface area contributed by atoms with Gasteiger partial charge in [-0.25, -0.2) is 5.32 Å². The van der Waals surface area contributed by atoms with Crippen molar-refractivity contribution in [2.75, 3.05) is 6.54 Å². The number of halogens is 3. The van der Waals surface area contributed by atoms with Crippen LogP contribution in [0.4, 0.5) is 13.2 Å². The minimum Gasteiger partial charge on any atom is -0.328 e. The van der Waals surface area contributed by atoms with E-state index in [1.54, 1.807) is 5.32 Å². The van der Waals surface area contributed by atoms with Crippen molar-refractivity contribution < 1.29 is 13.2 Å². The predicted octanol–water partition coefficient (Wildman–Crippen LogP) is 1.61. The first-order chi connectivity index (χ1) is 5.97. The molecule has 1 fully saturated rings. The van der Waals surface area contributed by atoms with Crippen molar-refractivity contribution in [3.05, 3.63) is 0 Å². The van der Waals surface area contributed by atoms with Crippen molar-refractivity contribution in [3.8, 4) is 0 Å². The lowest BCUT2D eigenvalue weighted by molar-refractivity contribution is -0.159. The first-order valence-corrected chi connectivity index (χ1v) is 4.55. The van der Waals surface area contributed by atoms with Gasteiger partial charge in [-0.2, -0.15) is 13.2 Å². The van der Waals surface area contributed by atoms with E-state index in [-0.39, 0.29) is 18.5 Å². The Bertz CT molecular complexity index is 150. The van der Waals surface area contributed by atoms with Crippen molar-refractivity contribution in [3.63, 3.8) is 0 Å². The molecule has 0 radical (unpaired) electrons. The summed E-state index contributed by atoms with van der Waals surface area (Å²) in [6.45, 7) is 0.0379. The van der Waals surface area contributed by atoms with Crippen LogP contribution in [-0.4, -0.2) is 18.9 Å². The van der Waals surface area contributed by atoms with Gasteiger partial charge >= 0.3 is 6.30 Å². The molecule has 3 N–H and O–H groups in total. The van der Waals surface area contributed by atoms with Gasteiger partial charge in [0.15, 0.2) is 0 Å². The monoisotopic (exact) mass is 196 g/mol. The first-order valence-electron chi connectivity index (χ1n) is 4.55. The first kappa shape index (κ1) is 10.8. The van der Waals surface area contributed by atoms with E-state index in [0.717, 1.165) is 25.7 Å². The second-order valence-corrected chi connectivity index (χ2v) is 3.66. The molecular formula is C8H15F3N2. The van der Waals surface area contributed by atoms with Gasteiger partial charge in [0.05, 0.1) is 0 Å². The summed E-state index contributed by atoms with van der Waals surface area (Å²) in [6.07, 6.45) is -0.914. The van der Waals surface area contributed by atoms with Gasteiger partial charge in [0.2, 0.25) is 0 Å². The fraction of sp³-hybridized carbons (Fsp3) is 1.00. The number of nitrogens with two attached hydrogens (primary N) is 1. The highest BCUT2D eigenvalue weighted by Crippen LogP contribution is 2.23. The maximum atomic E-state index is 11.8. The third-order valence-corrected chi connectivity index (χ3v) is 2.48. The third kappa shape index (κ3) is 4.47. The Morgan fingerprint density at radius 2 is 1.69 bits per heavy atom. The normalized spacial score (nSPS) is 30.5. The molecule has 0 unspecified atom stereocenters. The largest absolute Gasteiger partial charge is 0.457 e. The number of alkyl halides is 3. The van der Waals surface area contributed by atoms with E-state index in [4.69, 9.17) is 5.73 Å². The van der Waals surface area contributed by atoms with E-state index in [1.165, 1.54) is 0 Å². The zero-order valence-electron chi connectivity index (χ0n) is 7.40. The maximum absolute atomic E-state index is 11.8. The fourth-order valence-electron chi connectivity index (χ4n) is 1.65. The molecule has 5 heteroatoms. The molecular weight excluding hydrogens is 181 g/mol. The van der Waals surface area contributed by atoms with Crippen LogP contribution in [-0.2, 0) is 0 Å². The van der Waals surface area contributed by atoms with Gasteiger partial charge in [-0.05, 0) is 31.6 Å². The van der Waals surface area contributed by atoms with E-state index in [1.807, 2.05) is 0 Å². The summed E-state index contributed by atoms with van der Waals surface area (Å²) in [5, 5.41) is 1.57. The third-order valence-electron chi connectivity index (χ3n) is 2.48. The SMILES string of the molecule is NC1CCC(CNC(F)(F)F)CC1.